The Kier molecular flexibility index (Phi) is 3.22. The number of benzene rings is 2. The molecule has 20 heavy (non-hydrogen) atoms. The van der Waals surface area contributed by atoms with Crippen LogP contribution in [0.4, 0.5) is 10.1 Å². The van der Waals surface area contributed by atoms with Gasteiger partial charge in [0.15, 0.2) is 0 Å². The number of rotatable bonds is 3. The van der Waals surface area contributed by atoms with Crippen LogP contribution in [0.5, 0.6) is 0 Å². The second-order valence-electron chi connectivity index (χ2n) is 5.58. The quantitative estimate of drug-likeness (QED) is 0.927. The van der Waals surface area contributed by atoms with Gasteiger partial charge in [-0.25, -0.2) is 4.39 Å². The van der Waals surface area contributed by atoms with Crippen molar-refractivity contribution >= 4 is 5.69 Å². The van der Waals surface area contributed by atoms with E-state index in [1.54, 1.807) is 13.0 Å². The van der Waals surface area contributed by atoms with E-state index in [2.05, 4.69) is 4.90 Å². The van der Waals surface area contributed by atoms with Crippen LogP contribution < -0.4 is 4.90 Å². The first-order valence-corrected chi connectivity index (χ1v) is 6.87. The Hall–Kier alpha value is -1.87. The minimum Gasteiger partial charge on any atom is -0.384 e. The number of fused-ring (bicyclic) bond motifs is 1. The molecule has 0 radical (unpaired) electrons. The summed E-state index contributed by atoms with van der Waals surface area (Å²) in [6.07, 6.45) is 0.903. The zero-order valence-corrected chi connectivity index (χ0v) is 11.5. The molecule has 1 unspecified atom stereocenters. The van der Waals surface area contributed by atoms with E-state index in [1.165, 1.54) is 6.07 Å². The predicted molar refractivity (Wildman–Crippen MR) is 78.3 cm³/mol. The van der Waals surface area contributed by atoms with Gasteiger partial charge >= 0.3 is 0 Å². The second kappa shape index (κ2) is 4.91. The number of β-amino-alcohol motifs (C(OH)–C–C–N with tert-alkyl or cyclic N) is 1. The summed E-state index contributed by atoms with van der Waals surface area (Å²) in [6, 6.07) is 14.5. The zero-order valence-electron chi connectivity index (χ0n) is 11.5. The lowest BCUT2D eigenvalue weighted by Gasteiger charge is -2.31. The van der Waals surface area contributed by atoms with E-state index in [9.17, 15) is 9.50 Å². The Balaban J connectivity index is 1.85. The van der Waals surface area contributed by atoms with Crippen molar-refractivity contribution in [3.8, 4) is 0 Å². The third kappa shape index (κ3) is 2.41. The number of anilines is 1. The van der Waals surface area contributed by atoms with Crippen LogP contribution in [-0.2, 0) is 12.0 Å². The largest absolute Gasteiger partial charge is 0.384 e. The lowest BCUT2D eigenvalue weighted by molar-refractivity contribution is 0.0649. The molecule has 0 aliphatic carbocycles. The lowest BCUT2D eigenvalue weighted by atomic mass is 9.95. The predicted octanol–water partition coefficient (Wildman–Crippen LogP) is 3.10. The number of aliphatic hydroxyl groups is 1. The van der Waals surface area contributed by atoms with Crippen molar-refractivity contribution < 1.29 is 9.50 Å². The molecule has 1 aliphatic rings. The van der Waals surface area contributed by atoms with Crippen LogP contribution in [0.15, 0.2) is 48.5 Å². The summed E-state index contributed by atoms with van der Waals surface area (Å²) in [5.41, 5.74) is 1.98. The van der Waals surface area contributed by atoms with Crippen LogP contribution in [0.25, 0.3) is 0 Å². The van der Waals surface area contributed by atoms with Crippen molar-refractivity contribution in [2.24, 2.45) is 0 Å². The van der Waals surface area contributed by atoms with Crippen LogP contribution in [0.2, 0.25) is 0 Å². The molecule has 1 N–H and O–H groups in total. The number of halogens is 1. The molecule has 2 aromatic rings. The normalized spacial score (nSPS) is 16.9. The van der Waals surface area contributed by atoms with Gasteiger partial charge < -0.3 is 10.0 Å². The first kappa shape index (κ1) is 13.1. The van der Waals surface area contributed by atoms with Gasteiger partial charge in [0.05, 0.1) is 6.54 Å². The van der Waals surface area contributed by atoms with Crippen molar-refractivity contribution in [1.82, 2.24) is 0 Å². The highest BCUT2D eigenvalue weighted by atomic mass is 19.1. The van der Waals surface area contributed by atoms with Gasteiger partial charge in [-0.05, 0) is 36.6 Å². The monoisotopic (exact) mass is 271 g/mol. The third-order valence-electron chi connectivity index (χ3n) is 3.93. The maximum Gasteiger partial charge on any atom is 0.125 e. The zero-order chi connectivity index (χ0) is 14.2. The highest BCUT2D eigenvalue weighted by molar-refractivity contribution is 5.58. The first-order chi connectivity index (χ1) is 9.56. The van der Waals surface area contributed by atoms with E-state index in [1.807, 2.05) is 36.4 Å². The van der Waals surface area contributed by atoms with Crippen molar-refractivity contribution in [1.29, 1.82) is 0 Å². The summed E-state index contributed by atoms with van der Waals surface area (Å²) in [5.74, 6) is -0.227. The maximum atomic E-state index is 13.4. The highest BCUT2D eigenvalue weighted by Gasteiger charge is 2.29. The van der Waals surface area contributed by atoms with Crippen LogP contribution in [0.1, 0.15) is 18.1 Å². The van der Waals surface area contributed by atoms with Gasteiger partial charge in [0.25, 0.3) is 0 Å². The molecular formula is C17H18FNO. The summed E-state index contributed by atoms with van der Waals surface area (Å²) in [5, 5.41) is 10.7. The molecule has 0 amide bonds. The number of hydrogen-bond donors (Lipinski definition) is 1. The minimum atomic E-state index is -0.949. The molecule has 1 aliphatic heterocycles. The molecule has 0 bridgehead atoms. The Morgan fingerprint density at radius 2 is 1.95 bits per heavy atom. The Bertz CT molecular complexity index is 610. The van der Waals surface area contributed by atoms with Crippen molar-refractivity contribution in [3.05, 3.63) is 65.5 Å². The van der Waals surface area contributed by atoms with Gasteiger partial charge in [0.1, 0.15) is 11.4 Å². The SMILES string of the molecule is CC(O)(CN1CCc2ccc(F)cc21)c1ccccc1. The molecule has 0 aromatic heterocycles. The van der Waals surface area contributed by atoms with Crippen LogP contribution >= 0.6 is 0 Å². The van der Waals surface area contributed by atoms with Gasteiger partial charge in [0.2, 0.25) is 0 Å². The Labute approximate surface area is 118 Å². The molecular weight excluding hydrogens is 253 g/mol. The molecule has 0 saturated heterocycles. The van der Waals surface area contributed by atoms with E-state index in [-0.39, 0.29) is 5.82 Å². The average molecular weight is 271 g/mol. The van der Waals surface area contributed by atoms with Crippen molar-refractivity contribution in [3.63, 3.8) is 0 Å². The summed E-state index contributed by atoms with van der Waals surface area (Å²) in [4.78, 5) is 2.06. The highest BCUT2D eigenvalue weighted by Crippen LogP contribution is 2.32. The van der Waals surface area contributed by atoms with Gasteiger partial charge in [-0.1, -0.05) is 36.4 Å². The van der Waals surface area contributed by atoms with Gasteiger partial charge in [-0.2, -0.15) is 0 Å². The van der Waals surface area contributed by atoms with Crippen LogP contribution in [0, 0.1) is 5.82 Å². The molecule has 3 heteroatoms. The smallest absolute Gasteiger partial charge is 0.125 e. The summed E-state index contributed by atoms with van der Waals surface area (Å²) in [7, 11) is 0. The molecule has 3 rings (SSSR count). The molecule has 0 fully saturated rings. The fourth-order valence-electron chi connectivity index (χ4n) is 2.84. The van der Waals surface area contributed by atoms with Crippen LogP contribution in [-0.4, -0.2) is 18.2 Å². The molecule has 0 saturated carbocycles. The van der Waals surface area contributed by atoms with E-state index in [0.717, 1.165) is 29.8 Å². The fourth-order valence-corrected chi connectivity index (χ4v) is 2.84. The van der Waals surface area contributed by atoms with Crippen molar-refractivity contribution in [2.45, 2.75) is 18.9 Å². The third-order valence-corrected chi connectivity index (χ3v) is 3.93. The Morgan fingerprint density at radius 1 is 1.20 bits per heavy atom. The fraction of sp³-hybridized carbons (Fsp3) is 0.294. The standard InChI is InChI=1S/C17H18FNO/c1-17(20,14-5-3-2-4-6-14)12-19-10-9-13-7-8-15(18)11-16(13)19/h2-8,11,20H,9-10,12H2,1H3. The van der Waals surface area contributed by atoms with E-state index in [4.69, 9.17) is 0 Å². The molecule has 0 spiro atoms. The average Bonchev–Trinajstić information content (AvgIpc) is 2.82. The topological polar surface area (TPSA) is 23.5 Å². The number of hydrogen-bond acceptors (Lipinski definition) is 2. The van der Waals surface area contributed by atoms with E-state index < -0.39 is 5.60 Å². The molecule has 2 nitrogen and oxygen atoms in total. The van der Waals surface area contributed by atoms with Gasteiger partial charge in [-0.15, -0.1) is 0 Å². The molecule has 1 heterocycles. The van der Waals surface area contributed by atoms with Gasteiger partial charge in [0, 0.05) is 12.2 Å². The van der Waals surface area contributed by atoms with E-state index in [0.29, 0.717) is 6.54 Å². The maximum absolute atomic E-state index is 13.4. The first-order valence-electron chi connectivity index (χ1n) is 6.87. The Morgan fingerprint density at radius 3 is 2.70 bits per heavy atom. The number of nitrogens with zero attached hydrogens (tertiary/aromatic N) is 1. The summed E-state index contributed by atoms with van der Waals surface area (Å²) >= 11 is 0. The molecule has 104 valence electrons. The van der Waals surface area contributed by atoms with Gasteiger partial charge in [-0.3, -0.25) is 0 Å². The molecule has 1 atom stereocenters. The second-order valence-corrected chi connectivity index (χ2v) is 5.58. The van der Waals surface area contributed by atoms with Crippen LogP contribution in [0.3, 0.4) is 0 Å². The lowest BCUT2D eigenvalue weighted by Crippen LogP contribution is -2.38. The molecule has 2 aromatic carbocycles. The summed E-state index contributed by atoms with van der Waals surface area (Å²) < 4.78 is 13.4. The summed E-state index contributed by atoms with van der Waals surface area (Å²) in [6.45, 7) is 3.09. The minimum absolute atomic E-state index is 0.227. The van der Waals surface area contributed by atoms with E-state index >= 15 is 0 Å². The van der Waals surface area contributed by atoms with Crippen molar-refractivity contribution in [2.75, 3.05) is 18.0 Å².